The number of hydrogen-bond donors (Lipinski definition) is 2. The van der Waals surface area contributed by atoms with Gasteiger partial charge in [-0.05, 0) is 62.6 Å². The summed E-state index contributed by atoms with van der Waals surface area (Å²) in [5, 5.41) is 6.38. The average Bonchev–Trinajstić information content (AvgIpc) is 3.17. The Morgan fingerprint density at radius 2 is 1.80 bits per heavy atom. The number of rotatable bonds is 5. The molecule has 1 heterocycles. The van der Waals surface area contributed by atoms with E-state index < -0.39 is 0 Å². The maximum Gasteiger partial charge on any atom is 0.257 e. The second kappa shape index (κ2) is 8.67. The number of fused-ring (bicyclic) bond motifs is 1. The lowest BCUT2D eigenvalue weighted by atomic mass is 9.90. The summed E-state index contributed by atoms with van der Waals surface area (Å²) in [6.45, 7) is 2.01. The van der Waals surface area contributed by atoms with Crippen molar-refractivity contribution in [2.45, 2.75) is 32.1 Å². The summed E-state index contributed by atoms with van der Waals surface area (Å²) in [7, 11) is 1.58. The molecule has 1 aliphatic carbocycles. The van der Waals surface area contributed by atoms with Crippen LogP contribution in [0.5, 0.6) is 5.75 Å². The summed E-state index contributed by atoms with van der Waals surface area (Å²) in [6, 6.07) is 14.6. The van der Waals surface area contributed by atoms with Gasteiger partial charge >= 0.3 is 0 Å². The molecule has 6 nitrogen and oxygen atoms in total. The molecular weight excluding hydrogens is 398 g/mol. The highest BCUT2D eigenvalue weighted by Gasteiger charge is 2.30. The van der Waals surface area contributed by atoms with Crippen LogP contribution >= 0.6 is 11.3 Å². The van der Waals surface area contributed by atoms with Crippen molar-refractivity contribution in [1.82, 2.24) is 4.98 Å². The molecule has 1 aliphatic rings. The van der Waals surface area contributed by atoms with E-state index in [-0.39, 0.29) is 17.7 Å². The molecule has 154 valence electrons. The minimum absolute atomic E-state index is 0.0573. The van der Waals surface area contributed by atoms with E-state index in [9.17, 15) is 9.59 Å². The van der Waals surface area contributed by atoms with E-state index in [1.165, 1.54) is 11.3 Å². The molecule has 1 aromatic heterocycles. The number of carbonyl (C=O) groups is 2. The molecule has 4 rings (SSSR count). The second-order valence-corrected chi connectivity index (χ2v) is 8.39. The first-order valence-electron chi connectivity index (χ1n) is 9.86. The summed E-state index contributed by atoms with van der Waals surface area (Å²) in [4.78, 5) is 31.1. The Hall–Kier alpha value is -3.19. The predicted molar refractivity (Wildman–Crippen MR) is 119 cm³/mol. The zero-order valence-electron chi connectivity index (χ0n) is 16.9. The molecule has 2 amide bonds. The van der Waals surface area contributed by atoms with E-state index in [0.29, 0.717) is 16.4 Å². The first-order valence-corrected chi connectivity index (χ1v) is 10.7. The Balaban J connectivity index is 1.48. The molecule has 0 saturated heterocycles. The van der Waals surface area contributed by atoms with Gasteiger partial charge in [0.2, 0.25) is 5.91 Å². The lowest BCUT2D eigenvalue weighted by Crippen LogP contribution is -2.24. The molecule has 0 aliphatic heterocycles. The van der Waals surface area contributed by atoms with Crippen molar-refractivity contribution in [2.75, 3.05) is 17.7 Å². The molecule has 30 heavy (non-hydrogen) atoms. The zero-order chi connectivity index (χ0) is 21.1. The van der Waals surface area contributed by atoms with E-state index in [0.717, 1.165) is 41.1 Å². The highest BCUT2D eigenvalue weighted by atomic mass is 32.1. The largest absolute Gasteiger partial charge is 0.497 e. The first-order chi connectivity index (χ1) is 14.5. The molecule has 3 aromatic rings. The summed E-state index contributed by atoms with van der Waals surface area (Å²) >= 11 is 1.45. The molecule has 0 saturated carbocycles. The van der Waals surface area contributed by atoms with E-state index in [1.807, 2.05) is 31.2 Å². The number of aryl methyl sites for hydroxylation is 2. The Morgan fingerprint density at radius 1 is 1.07 bits per heavy atom. The second-order valence-electron chi connectivity index (χ2n) is 7.31. The third kappa shape index (κ3) is 4.36. The Labute approximate surface area is 179 Å². The van der Waals surface area contributed by atoms with Crippen LogP contribution in [0.3, 0.4) is 0 Å². The number of carbonyl (C=O) groups excluding carboxylic acids is 2. The van der Waals surface area contributed by atoms with Crippen molar-refractivity contribution in [2.24, 2.45) is 0 Å². The fourth-order valence-electron chi connectivity index (χ4n) is 3.51. The van der Waals surface area contributed by atoms with Crippen LogP contribution in [-0.2, 0) is 11.2 Å². The van der Waals surface area contributed by atoms with Crippen molar-refractivity contribution >= 4 is 34.0 Å². The topological polar surface area (TPSA) is 80.3 Å². The van der Waals surface area contributed by atoms with Gasteiger partial charge in [-0.25, -0.2) is 4.98 Å². The number of methoxy groups -OCH3 is 1. The van der Waals surface area contributed by atoms with Crippen molar-refractivity contribution in [3.05, 3.63) is 70.2 Å². The molecule has 0 fully saturated rings. The quantitative estimate of drug-likeness (QED) is 0.622. The minimum Gasteiger partial charge on any atom is -0.497 e. The third-order valence-electron chi connectivity index (χ3n) is 5.16. The summed E-state index contributed by atoms with van der Waals surface area (Å²) in [5.41, 5.74) is 3.23. The number of benzene rings is 2. The van der Waals surface area contributed by atoms with Crippen LogP contribution in [0.1, 0.15) is 45.3 Å². The molecule has 2 aromatic carbocycles. The van der Waals surface area contributed by atoms with Crippen LogP contribution in [0.25, 0.3) is 0 Å². The normalized spacial score (nSPS) is 15.2. The van der Waals surface area contributed by atoms with Crippen molar-refractivity contribution in [3.8, 4) is 5.75 Å². The van der Waals surface area contributed by atoms with Gasteiger partial charge in [0.05, 0.1) is 18.7 Å². The van der Waals surface area contributed by atoms with Gasteiger partial charge in [0.1, 0.15) is 5.75 Å². The van der Waals surface area contributed by atoms with E-state index in [1.54, 1.807) is 31.4 Å². The maximum atomic E-state index is 12.9. The number of nitrogens with one attached hydrogen (secondary N) is 2. The van der Waals surface area contributed by atoms with Gasteiger partial charge in [-0.2, -0.15) is 0 Å². The van der Waals surface area contributed by atoms with Gasteiger partial charge in [-0.15, -0.1) is 11.3 Å². The van der Waals surface area contributed by atoms with Crippen LogP contribution in [0, 0.1) is 6.92 Å². The molecular formula is C23H23N3O3S. The third-order valence-corrected chi connectivity index (χ3v) is 6.21. The van der Waals surface area contributed by atoms with E-state index in [2.05, 4.69) is 15.6 Å². The van der Waals surface area contributed by atoms with Crippen LogP contribution in [0.4, 0.5) is 10.8 Å². The molecule has 1 atom stereocenters. The Kier molecular flexibility index (Phi) is 5.81. The van der Waals surface area contributed by atoms with Crippen LogP contribution in [0.2, 0.25) is 0 Å². The van der Waals surface area contributed by atoms with Crippen molar-refractivity contribution in [1.29, 1.82) is 0 Å². The monoisotopic (exact) mass is 421 g/mol. The Morgan fingerprint density at radius 3 is 2.50 bits per heavy atom. The van der Waals surface area contributed by atoms with Crippen molar-refractivity contribution in [3.63, 3.8) is 0 Å². The first kappa shape index (κ1) is 20.1. The van der Waals surface area contributed by atoms with Gasteiger partial charge in [0.25, 0.3) is 5.91 Å². The number of hydrogen-bond acceptors (Lipinski definition) is 5. The number of amides is 2. The Bertz CT molecular complexity index is 1060. The highest BCUT2D eigenvalue weighted by Crippen LogP contribution is 2.37. The summed E-state index contributed by atoms with van der Waals surface area (Å²) < 4.78 is 5.12. The lowest BCUT2D eigenvalue weighted by molar-refractivity contribution is -0.117. The van der Waals surface area contributed by atoms with Crippen LogP contribution in [0.15, 0.2) is 48.5 Å². The zero-order valence-corrected chi connectivity index (χ0v) is 17.7. The van der Waals surface area contributed by atoms with E-state index in [4.69, 9.17) is 4.74 Å². The number of nitrogens with zero attached hydrogens (tertiary/aromatic N) is 1. The van der Waals surface area contributed by atoms with Crippen molar-refractivity contribution < 1.29 is 14.3 Å². The minimum atomic E-state index is -0.307. The summed E-state index contributed by atoms with van der Waals surface area (Å²) in [5.74, 6) is 0.0965. The van der Waals surface area contributed by atoms with Gasteiger partial charge in [-0.3, -0.25) is 14.9 Å². The van der Waals surface area contributed by atoms with Gasteiger partial charge in [-0.1, -0.05) is 17.7 Å². The molecule has 2 N–H and O–H groups in total. The molecule has 1 unspecified atom stereocenters. The molecule has 7 heteroatoms. The number of anilines is 2. The summed E-state index contributed by atoms with van der Waals surface area (Å²) in [6.07, 6.45) is 2.55. The fourth-order valence-corrected chi connectivity index (χ4v) is 4.57. The predicted octanol–water partition coefficient (Wildman–Crippen LogP) is 4.77. The van der Waals surface area contributed by atoms with Crippen LogP contribution < -0.4 is 15.4 Å². The smallest absolute Gasteiger partial charge is 0.257 e. The lowest BCUT2D eigenvalue weighted by Gasteiger charge is -2.20. The molecule has 0 bridgehead atoms. The SMILES string of the molecule is COc1ccc(C(=O)Nc2nc3c(s2)CCCC3C(=O)Nc2ccc(C)cc2)cc1. The molecule has 0 spiro atoms. The van der Waals surface area contributed by atoms with Gasteiger partial charge in [0.15, 0.2) is 5.13 Å². The molecule has 0 radical (unpaired) electrons. The van der Waals surface area contributed by atoms with Gasteiger partial charge in [0, 0.05) is 16.1 Å². The maximum absolute atomic E-state index is 12.9. The van der Waals surface area contributed by atoms with Gasteiger partial charge < -0.3 is 10.1 Å². The number of aromatic nitrogens is 1. The highest BCUT2D eigenvalue weighted by molar-refractivity contribution is 7.16. The number of ether oxygens (including phenoxy) is 1. The standard InChI is InChI=1S/C23H23N3O3S/c1-14-6-10-16(11-7-14)24-22(28)18-4-3-5-19-20(18)25-23(30-19)26-21(27)15-8-12-17(29-2)13-9-15/h6-13,18H,3-5H2,1-2H3,(H,24,28)(H,25,26,27). The number of thiazole rings is 1. The fraction of sp³-hybridized carbons (Fsp3) is 0.261. The van der Waals surface area contributed by atoms with E-state index >= 15 is 0 Å². The average molecular weight is 422 g/mol. The van der Waals surface area contributed by atoms with Crippen LogP contribution in [-0.4, -0.2) is 23.9 Å².